The fraction of sp³-hybridized carbons (Fsp3) is 0.250. The van der Waals surface area contributed by atoms with Crippen LogP contribution < -0.4 is 0 Å². The van der Waals surface area contributed by atoms with Gasteiger partial charge in [0.25, 0.3) is 0 Å². The van der Waals surface area contributed by atoms with E-state index in [-0.39, 0.29) is 6.42 Å². The molecule has 2 nitrogen and oxygen atoms in total. The standard InChI is InChI=1S/C8H10O2/c1-2-3-4-8(7-10)5-6-9/h2-4,6-7H,5H2,1H3/b3-2-,8-4+. The number of carbonyl (C=O) groups excluding carboxylic acids is 2. The van der Waals surface area contributed by atoms with E-state index in [0.717, 1.165) is 0 Å². The van der Waals surface area contributed by atoms with E-state index in [1.54, 1.807) is 18.2 Å². The number of hydrogen-bond donors (Lipinski definition) is 0. The third kappa shape index (κ3) is 3.78. The number of rotatable bonds is 4. The minimum atomic E-state index is 0.202. The summed E-state index contributed by atoms with van der Waals surface area (Å²) in [5, 5.41) is 0. The minimum Gasteiger partial charge on any atom is -0.303 e. The first-order chi connectivity index (χ1) is 4.85. The number of aldehydes is 2. The van der Waals surface area contributed by atoms with E-state index >= 15 is 0 Å². The number of allylic oxidation sites excluding steroid dienone is 4. The Kier molecular flexibility index (Phi) is 5.25. The predicted octanol–water partition coefficient (Wildman–Crippen LogP) is 1.28. The largest absolute Gasteiger partial charge is 0.303 e. The summed E-state index contributed by atoms with van der Waals surface area (Å²) in [6.45, 7) is 1.85. The molecule has 0 rings (SSSR count). The quantitative estimate of drug-likeness (QED) is 0.333. The van der Waals surface area contributed by atoms with Gasteiger partial charge in [-0.3, -0.25) is 4.79 Å². The third-order valence-electron chi connectivity index (χ3n) is 0.973. The molecule has 0 saturated heterocycles. The Balaban J connectivity index is 4.02. The average molecular weight is 138 g/mol. The van der Waals surface area contributed by atoms with Gasteiger partial charge in [-0.25, -0.2) is 0 Å². The molecule has 0 aromatic heterocycles. The topological polar surface area (TPSA) is 34.1 Å². The van der Waals surface area contributed by atoms with Gasteiger partial charge in [0.1, 0.15) is 12.6 Å². The zero-order chi connectivity index (χ0) is 7.82. The van der Waals surface area contributed by atoms with Crippen molar-refractivity contribution >= 4 is 12.6 Å². The van der Waals surface area contributed by atoms with E-state index in [0.29, 0.717) is 18.1 Å². The number of carbonyl (C=O) groups is 2. The van der Waals surface area contributed by atoms with Crippen molar-refractivity contribution in [3.05, 3.63) is 23.8 Å². The second-order valence-electron chi connectivity index (χ2n) is 1.76. The molecule has 0 spiro atoms. The molecule has 0 radical (unpaired) electrons. The maximum atomic E-state index is 10.1. The smallest absolute Gasteiger partial charge is 0.146 e. The van der Waals surface area contributed by atoms with E-state index in [9.17, 15) is 9.59 Å². The Bertz CT molecular complexity index is 166. The lowest BCUT2D eigenvalue weighted by Crippen LogP contribution is -1.84. The van der Waals surface area contributed by atoms with Crippen LogP contribution in [0.3, 0.4) is 0 Å². The summed E-state index contributed by atoms with van der Waals surface area (Å²) < 4.78 is 0. The van der Waals surface area contributed by atoms with E-state index in [4.69, 9.17) is 0 Å². The summed E-state index contributed by atoms with van der Waals surface area (Å²) in [5.41, 5.74) is 0.508. The Hall–Kier alpha value is -1.18. The Labute approximate surface area is 60.2 Å². The molecular formula is C8H10O2. The van der Waals surface area contributed by atoms with E-state index < -0.39 is 0 Å². The molecule has 0 aromatic carbocycles. The lowest BCUT2D eigenvalue weighted by Gasteiger charge is -1.85. The van der Waals surface area contributed by atoms with Crippen molar-refractivity contribution in [1.29, 1.82) is 0 Å². The summed E-state index contributed by atoms with van der Waals surface area (Å²) in [6, 6.07) is 0. The normalized spacial score (nSPS) is 11.9. The highest BCUT2D eigenvalue weighted by molar-refractivity contribution is 5.79. The van der Waals surface area contributed by atoms with E-state index in [2.05, 4.69) is 0 Å². The van der Waals surface area contributed by atoms with Crippen molar-refractivity contribution in [3.63, 3.8) is 0 Å². The second kappa shape index (κ2) is 5.95. The molecule has 2 heteroatoms. The molecule has 0 bridgehead atoms. The molecule has 0 unspecified atom stereocenters. The zero-order valence-electron chi connectivity index (χ0n) is 5.91. The van der Waals surface area contributed by atoms with Gasteiger partial charge in [0, 0.05) is 6.42 Å². The van der Waals surface area contributed by atoms with Crippen LogP contribution in [0.1, 0.15) is 13.3 Å². The third-order valence-corrected chi connectivity index (χ3v) is 0.973. The van der Waals surface area contributed by atoms with Crippen LogP contribution in [-0.4, -0.2) is 12.6 Å². The van der Waals surface area contributed by atoms with Gasteiger partial charge in [-0.05, 0) is 12.5 Å². The van der Waals surface area contributed by atoms with Gasteiger partial charge in [0.15, 0.2) is 0 Å². The van der Waals surface area contributed by atoms with Crippen molar-refractivity contribution in [1.82, 2.24) is 0 Å². The molecule has 0 heterocycles. The van der Waals surface area contributed by atoms with Crippen LogP contribution in [0.4, 0.5) is 0 Å². The van der Waals surface area contributed by atoms with Gasteiger partial charge in [-0.2, -0.15) is 0 Å². The fourth-order valence-electron chi connectivity index (χ4n) is 0.471. The van der Waals surface area contributed by atoms with Crippen LogP contribution in [0, 0.1) is 0 Å². The second-order valence-corrected chi connectivity index (χ2v) is 1.76. The van der Waals surface area contributed by atoms with Gasteiger partial charge in [-0.15, -0.1) is 0 Å². The van der Waals surface area contributed by atoms with Crippen molar-refractivity contribution < 1.29 is 9.59 Å². The highest BCUT2D eigenvalue weighted by Crippen LogP contribution is 1.93. The molecule has 0 aliphatic carbocycles. The van der Waals surface area contributed by atoms with Crippen molar-refractivity contribution in [2.45, 2.75) is 13.3 Å². The van der Waals surface area contributed by atoms with Gasteiger partial charge < -0.3 is 4.79 Å². The fourth-order valence-corrected chi connectivity index (χ4v) is 0.471. The Morgan fingerprint density at radius 1 is 1.40 bits per heavy atom. The van der Waals surface area contributed by atoms with Crippen LogP contribution in [0.15, 0.2) is 23.8 Å². The molecule has 0 atom stereocenters. The highest BCUT2D eigenvalue weighted by Gasteiger charge is 1.88. The average Bonchev–Trinajstić information content (AvgIpc) is 1.98. The number of hydrogen-bond acceptors (Lipinski definition) is 2. The maximum absolute atomic E-state index is 10.1. The minimum absolute atomic E-state index is 0.202. The van der Waals surface area contributed by atoms with Gasteiger partial charge >= 0.3 is 0 Å². The molecule has 0 amide bonds. The summed E-state index contributed by atoms with van der Waals surface area (Å²) in [6.07, 6.45) is 6.76. The van der Waals surface area contributed by atoms with Crippen molar-refractivity contribution in [3.8, 4) is 0 Å². The molecule has 0 fully saturated rings. The SMILES string of the molecule is C/C=C\C=C(\C=O)CC=O. The summed E-state index contributed by atoms with van der Waals surface area (Å²) in [7, 11) is 0. The first kappa shape index (κ1) is 8.82. The molecule has 0 aromatic rings. The van der Waals surface area contributed by atoms with E-state index in [1.807, 2.05) is 6.92 Å². The molecule has 0 aliphatic rings. The van der Waals surface area contributed by atoms with Crippen LogP contribution in [0.5, 0.6) is 0 Å². The lowest BCUT2D eigenvalue weighted by molar-refractivity contribution is -0.109. The first-order valence-corrected chi connectivity index (χ1v) is 3.05. The monoisotopic (exact) mass is 138 g/mol. The molecule has 0 aliphatic heterocycles. The summed E-state index contributed by atoms with van der Waals surface area (Å²) in [4.78, 5) is 20.1. The van der Waals surface area contributed by atoms with Crippen molar-refractivity contribution in [2.24, 2.45) is 0 Å². The van der Waals surface area contributed by atoms with E-state index in [1.165, 1.54) is 0 Å². The van der Waals surface area contributed by atoms with Gasteiger partial charge in [0.2, 0.25) is 0 Å². The van der Waals surface area contributed by atoms with Gasteiger partial charge in [-0.1, -0.05) is 18.2 Å². The zero-order valence-corrected chi connectivity index (χ0v) is 5.91. The highest BCUT2D eigenvalue weighted by atomic mass is 16.1. The van der Waals surface area contributed by atoms with Crippen LogP contribution >= 0.6 is 0 Å². The summed E-state index contributed by atoms with van der Waals surface area (Å²) >= 11 is 0. The summed E-state index contributed by atoms with van der Waals surface area (Å²) in [5.74, 6) is 0. The molecule has 10 heavy (non-hydrogen) atoms. The van der Waals surface area contributed by atoms with Crippen LogP contribution in [-0.2, 0) is 9.59 Å². The first-order valence-electron chi connectivity index (χ1n) is 3.05. The molecule has 54 valence electrons. The maximum Gasteiger partial charge on any atom is 0.146 e. The lowest BCUT2D eigenvalue weighted by atomic mass is 10.2. The van der Waals surface area contributed by atoms with Crippen LogP contribution in [0.25, 0.3) is 0 Å². The Morgan fingerprint density at radius 3 is 2.50 bits per heavy atom. The predicted molar refractivity (Wildman–Crippen MR) is 39.6 cm³/mol. The molecular weight excluding hydrogens is 128 g/mol. The molecule has 0 saturated carbocycles. The Morgan fingerprint density at radius 2 is 2.10 bits per heavy atom. The molecule has 0 N–H and O–H groups in total. The van der Waals surface area contributed by atoms with Gasteiger partial charge in [0.05, 0.1) is 0 Å². The van der Waals surface area contributed by atoms with Crippen molar-refractivity contribution in [2.75, 3.05) is 0 Å². The van der Waals surface area contributed by atoms with Crippen LogP contribution in [0.2, 0.25) is 0 Å².